The summed E-state index contributed by atoms with van der Waals surface area (Å²) in [5, 5.41) is 28.8. The van der Waals surface area contributed by atoms with Crippen LogP contribution in [0.1, 0.15) is 40.5 Å². The molecule has 0 bridgehead atoms. The van der Waals surface area contributed by atoms with Gasteiger partial charge in [-0.05, 0) is 27.2 Å². The molecule has 3 heteroatoms. The van der Waals surface area contributed by atoms with Crippen LogP contribution in [0.15, 0.2) is 0 Å². The van der Waals surface area contributed by atoms with E-state index in [4.69, 9.17) is 0 Å². The molecule has 0 rings (SSSR count). The molecule has 13 heavy (non-hydrogen) atoms. The van der Waals surface area contributed by atoms with E-state index < -0.39 is 23.7 Å². The van der Waals surface area contributed by atoms with Crippen LogP contribution in [0.2, 0.25) is 0 Å². The van der Waals surface area contributed by atoms with Crippen molar-refractivity contribution in [2.45, 2.75) is 58.8 Å². The number of hydrogen-bond donors (Lipinski definition) is 3. The summed E-state index contributed by atoms with van der Waals surface area (Å²) < 4.78 is 0. The molecule has 0 radical (unpaired) electrons. The summed E-state index contributed by atoms with van der Waals surface area (Å²) >= 11 is 0. The van der Waals surface area contributed by atoms with Crippen molar-refractivity contribution < 1.29 is 15.3 Å². The maximum Gasteiger partial charge on any atom is 0.0617 e. The minimum atomic E-state index is -0.783. The molecular weight excluding hydrogens is 168 g/mol. The molecular formula is C10H22O3. The second-order valence-electron chi connectivity index (χ2n) is 3.89. The summed E-state index contributed by atoms with van der Waals surface area (Å²) in [6, 6.07) is 0. The predicted molar refractivity (Wildman–Crippen MR) is 52.4 cm³/mol. The van der Waals surface area contributed by atoms with Crippen LogP contribution >= 0.6 is 0 Å². The Hall–Kier alpha value is -0.120. The highest BCUT2D eigenvalue weighted by Crippen LogP contribution is 2.36. The number of aliphatic hydroxyl groups is 3. The Balaban J connectivity index is 4.82. The van der Waals surface area contributed by atoms with Crippen molar-refractivity contribution in [3.63, 3.8) is 0 Å². The van der Waals surface area contributed by atoms with E-state index in [1.54, 1.807) is 20.8 Å². The average Bonchev–Trinajstić information content (AvgIpc) is 1.97. The lowest BCUT2D eigenvalue weighted by Gasteiger charge is -2.41. The first-order valence-corrected chi connectivity index (χ1v) is 4.93. The van der Waals surface area contributed by atoms with Gasteiger partial charge >= 0.3 is 0 Å². The second kappa shape index (κ2) is 4.94. The van der Waals surface area contributed by atoms with Gasteiger partial charge in [0.15, 0.2) is 0 Å². The van der Waals surface area contributed by atoms with Gasteiger partial charge in [0.05, 0.1) is 18.3 Å². The fourth-order valence-electron chi connectivity index (χ4n) is 2.11. The highest BCUT2D eigenvalue weighted by molar-refractivity contribution is 4.92. The molecule has 0 fully saturated rings. The highest BCUT2D eigenvalue weighted by atomic mass is 16.3. The molecule has 0 aliphatic rings. The monoisotopic (exact) mass is 190 g/mol. The molecule has 0 spiro atoms. The molecule has 3 nitrogen and oxygen atoms in total. The van der Waals surface area contributed by atoms with Gasteiger partial charge < -0.3 is 15.3 Å². The molecule has 3 atom stereocenters. The van der Waals surface area contributed by atoms with Crippen LogP contribution in [0, 0.1) is 5.41 Å². The van der Waals surface area contributed by atoms with Gasteiger partial charge in [-0.3, -0.25) is 0 Å². The van der Waals surface area contributed by atoms with Crippen molar-refractivity contribution in [1.82, 2.24) is 0 Å². The molecule has 0 aliphatic heterocycles. The molecule has 0 aliphatic carbocycles. The van der Waals surface area contributed by atoms with Crippen molar-refractivity contribution in [1.29, 1.82) is 0 Å². The SMILES string of the molecule is CCCC(C(C)O)(C(C)O)C(C)O. The maximum absolute atomic E-state index is 9.61. The summed E-state index contributed by atoms with van der Waals surface area (Å²) in [6.07, 6.45) is -0.645. The van der Waals surface area contributed by atoms with Crippen LogP contribution in [0.4, 0.5) is 0 Å². The Labute approximate surface area is 80.4 Å². The second-order valence-corrected chi connectivity index (χ2v) is 3.89. The summed E-state index contributed by atoms with van der Waals surface area (Å²) in [7, 11) is 0. The van der Waals surface area contributed by atoms with Gasteiger partial charge in [-0.25, -0.2) is 0 Å². The number of hydrogen-bond acceptors (Lipinski definition) is 3. The molecule has 0 aromatic rings. The third-order valence-electron chi connectivity index (χ3n) is 3.02. The first-order chi connectivity index (χ1) is 5.89. The zero-order chi connectivity index (χ0) is 10.6. The molecule has 80 valence electrons. The number of aliphatic hydroxyl groups excluding tert-OH is 3. The fraction of sp³-hybridized carbons (Fsp3) is 1.00. The van der Waals surface area contributed by atoms with Crippen molar-refractivity contribution in [3.8, 4) is 0 Å². The van der Waals surface area contributed by atoms with Crippen molar-refractivity contribution in [2.24, 2.45) is 5.41 Å². The van der Waals surface area contributed by atoms with Crippen LogP contribution < -0.4 is 0 Å². The standard InChI is InChI=1S/C10H22O3/c1-5-6-10(7(2)11,8(3)12)9(4)13/h7-9,11-13H,5-6H2,1-4H3. The van der Waals surface area contributed by atoms with Crippen LogP contribution in [0.25, 0.3) is 0 Å². The normalized spacial score (nSPS) is 23.3. The van der Waals surface area contributed by atoms with E-state index in [0.29, 0.717) is 6.42 Å². The molecule has 0 aromatic carbocycles. The topological polar surface area (TPSA) is 60.7 Å². The average molecular weight is 190 g/mol. The summed E-state index contributed by atoms with van der Waals surface area (Å²) in [5.74, 6) is 0. The van der Waals surface area contributed by atoms with Crippen LogP contribution in [-0.4, -0.2) is 33.6 Å². The fourth-order valence-corrected chi connectivity index (χ4v) is 2.11. The van der Waals surface area contributed by atoms with Gasteiger partial charge in [0, 0.05) is 5.41 Å². The lowest BCUT2D eigenvalue weighted by atomic mass is 9.70. The van der Waals surface area contributed by atoms with Crippen molar-refractivity contribution >= 4 is 0 Å². The van der Waals surface area contributed by atoms with E-state index >= 15 is 0 Å². The first-order valence-electron chi connectivity index (χ1n) is 4.93. The molecule has 0 aromatic heterocycles. The minimum absolute atomic E-state index is 0.625. The van der Waals surface area contributed by atoms with E-state index in [1.807, 2.05) is 6.92 Å². The van der Waals surface area contributed by atoms with E-state index in [0.717, 1.165) is 6.42 Å². The van der Waals surface area contributed by atoms with E-state index in [1.165, 1.54) is 0 Å². The Bertz CT molecular complexity index is 119. The Kier molecular flexibility index (Phi) is 4.89. The Morgan fingerprint density at radius 2 is 1.23 bits per heavy atom. The minimum Gasteiger partial charge on any atom is -0.393 e. The molecule has 3 unspecified atom stereocenters. The van der Waals surface area contributed by atoms with E-state index in [9.17, 15) is 15.3 Å². The van der Waals surface area contributed by atoms with Crippen LogP contribution in [0.3, 0.4) is 0 Å². The van der Waals surface area contributed by atoms with Crippen molar-refractivity contribution in [2.75, 3.05) is 0 Å². The van der Waals surface area contributed by atoms with Gasteiger partial charge in [-0.1, -0.05) is 13.3 Å². The van der Waals surface area contributed by atoms with Gasteiger partial charge in [0.2, 0.25) is 0 Å². The molecule has 0 saturated carbocycles. The number of rotatable bonds is 5. The van der Waals surface area contributed by atoms with Gasteiger partial charge in [-0.2, -0.15) is 0 Å². The largest absolute Gasteiger partial charge is 0.393 e. The van der Waals surface area contributed by atoms with Crippen LogP contribution in [-0.2, 0) is 0 Å². The first kappa shape index (κ1) is 12.9. The van der Waals surface area contributed by atoms with Crippen molar-refractivity contribution in [3.05, 3.63) is 0 Å². The molecule has 3 N–H and O–H groups in total. The Morgan fingerprint density at radius 3 is 1.31 bits per heavy atom. The third-order valence-corrected chi connectivity index (χ3v) is 3.02. The summed E-state index contributed by atoms with van der Waals surface area (Å²) in [4.78, 5) is 0. The lowest BCUT2D eigenvalue weighted by Crippen LogP contribution is -2.50. The molecule has 0 heterocycles. The third kappa shape index (κ3) is 2.42. The van der Waals surface area contributed by atoms with E-state index in [2.05, 4.69) is 0 Å². The summed E-state index contributed by atoms with van der Waals surface area (Å²) in [6.45, 7) is 6.83. The van der Waals surface area contributed by atoms with Gasteiger partial charge in [0.1, 0.15) is 0 Å². The predicted octanol–water partition coefficient (Wildman–Crippen LogP) is 0.915. The maximum atomic E-state index is 9.61. The molecule has 0 amide bonds. The zero-order valence-electron chi connectivity index (χ0n) is 8.99. The van der Waals surface area contributed by atoms with Crippen LogP contribution in [0.5, 0.6) is 0 Å². The van der Waals surface area contributed by atoms with Gasteiger partial charge in [0.25, 0.3) is 0 Å². The van der Waals surface area contributed by atoms with E-state index in [-0.39, 0.29) is 0 Å². The Morgan fingerprint density at radius 1 is 0.923 bits per heavy atom. The highest BCUT2D eigenvalue weighted by Gasteiger charge is 2.43. The smallest absolute Gasteiger partial charge is 0.0617 e. The summed E-state index contributed by atoms with van der Waals surface area (Å²) in [5.41, 5.74) is -0.783. The quantitative estimate of drug-likeness (QED) is 0.604. The lowest BCUT2D eigenvalue weighted by molar-refractivity contribution is -0.126. The molecule has 0 saturated heterocycles. The van der Waals surface area contributed by atoms with Gasteiger partial charge in [-0.15, -0.1) is 0 Å². The zero-order valence-corrected chi connectivity index (χ0v) is 8.99.